The highest BCUT2D eigenvalue weighted by atomic mass is 16.7. The van der Waals surface area contributed by atoms with Crippen molar-refractivity contribution in [3.05, 3.63) is 0 Å². The Morgan fingerprint density at radius 1 is 1.50 bits per heavy atom. The second-order valence-electron chi connectivity index (χ2n) is 4.68. The van der Waals surface area contributed by atoms with Crippen molar-refractivity contribution >= 4 is 0 Å². The molecule has 0 saturated carbocycles. The SMILES string of the molecule is C[C@H](COC1CCCCO1)C(C)(C)O. The minimum absolute atomic E-state index is 0.0476. The topological polar surface area (TPSA) is 38.7 Å². The van der Waals surface area contributed by atoms with E-state index in [0.29, 0.717) is 6.61 Å². The van der Waals surface area contributed by atoms with E-state index in [1.54, 1.807) is 0 Å². The lowest BCUT2D eigenvalue weighted by Crippen LogP contribution is -2.34. The molecule has 0 aromatic heterocycles. The molecule has 0 spiro atoms. The maximum absolute atomic E-state index is 9.69. The minimum atomic E-state index is -0.672. The first kappa shape index (κ1) is 12.0. The van der Waals surface area contributed by atoms with Crippen molar-refractivity contribution in [3.8, 4) is 0 Å². The highest BCUT2D eigenvalue weighted by Gasteiger charge is 2.24. The van der Waals surface area contributed by atoms with Crippen LogP contribution in [0.1, 0.15) is 40.0 Å². The van der Waals surface area contributed by atoms with Gasteiger partial charge in [0, 0.05) is 12.5 Å². The van der Waals surface area contributed by atoms with Crippen LogP contribution in [0.3, 0.4) is 0 Å². The van der Waals surface area contributed by atoms with E-state index in [0.717, 1.165) is 19.4 Å². The fourth-order valence-corrected chi connectivity index (χ4v) is 1.30. The highest BCUT2D eigenvalue weighted by molar-refractivity contribution is 4.73. The van der Waals surface area contributed by atoms with Crippen LogP contribution in [-0.4, -0.2) is 30.2 Å². The Kier molecular flexibility index (Phi) is 4.35. The number of hydrogen-bond donors (Lipinski definition) is 1. The molecule has 1 N–H and O–H groups in total. The molecule has 2 atom stereocenters. The third kappa shape index (κ3) is 3.95. The Labute approximate surface area is 86.4 Å². The van der Waals surface area contributed by atoms with Gasteiger partial charge >= 0.3 is 0 Å². The predicted molar refractivity (Wildman–Crippen MR) is 55.0 cm³/mol. The van der Waals surface area contributed by atoms with Crippen molar-refractivity contribution < 1.29 is 14.6 Å². The summed E-state index contributed by atoms with van der Waals surface area (Å²) in [5.74, 6) is 0.132. The first-order valence-electron chi connectivity index (χ1n) is 5.45. The Morgan fingerprint density at radius 3 is 2.71 bits per heavy atom. The summed E-state index contributed by atoms with van der Waals surface area (Å²) >= 11 is 0. The Hall–Kier alpha value is -0.120. The zero-order valence-corrected chi connectivity index (χ0v) is 9.45. The van der Waals surface area contributed by atoms with Crippen molar-refractivity contribution in [1.82, 2.24) is 0 Å². The molecule has 0 radical (unpaired) electrons. The van der Waals surface area contributed by atoms with Gasteiger partial charge in [0.15, 0.2) is 6.29 Å². The normalized spacial score (nSPS) is 26.1. The molecule has 0 amide bonds. The van der Waals surface area contributed by atoms with Crippen molar-refractivity contribution in [2.24, 2.45) is 5.92 Å². The summed E-state index contributed by atoms with van der Waals surface area (Å²) in [6, 6.07) is 0. The smallest absolute Gasteiger partial charge is 0.157 e. The summed E-state index contributed by atoms with van der Waals surface area (Å²) in [5.41, 5.74) is -0.672. The van der Waals surface area contributed by atoms with Gasteiger partial charge in [-0.05, 0) is 33.1 Å². The van der Waals surface area contributed by atoms with Gasteiger partial charge in [-0.2, -0.15) is 0 Å². The van der Waals surface area contributed by atoms with Crippen LogP contribution < -0.4 is 0 Å². The molecule has 14 heavy (non-hydrogen) atoms. The predicted octanol–water partition coefficient (Wildman–Crippen LogP) is 1.94. The van der Waals surface area contributed by atoms with Gasteiger partial charge in [0.05, 0.1) is 12.2 Å². The van der Waals surface area contributed by atoms with Crippen LogP contribution >= 0.6 is 0 Å². The Bertz CT molecular complexity index is 156. The molecule has 1 saturated heterocycles. The minimum Gasteiger partial charge on any atom is -0.390 e. The number of rotatable bonds is 4. The van der Waals surface area contributed by atoms with E-state index in [1.165, 1.54) is 6.42 Å². The third-order valence-electron chi connectivity index (χ3n) is 2.88. The van der Waals surface area contributed by atoms with Crippen molar-refractivity contribution in [2.45, 2.75) is 51.9 Å². The zero-order chi connectivity index (χ0) is 10.6. The van der Waals surface area contributed by atoms with Gasteiger partial charge in [-0.3, -0.25) is 0 Å². The fraction of sp³-hybridized carbons (Fsp3) is 1.00. The average molecular weight is 202 g/mol. The molecule has 0 aromatic carbocycles. The molecule has 1 aliphatic rings. The van der Waals surface area contributed by atoms with Crippen LogP contribution in [0, 0.1) is 5.92 Å². The molecule has 1 heterocycles. The van der Waals surface area contributed by atoms with Gasteiger partial charge in [-0.1, -0.05) is 6.92 Å². The third-order valence-corrected chi connectivity index (χ3v) is 2.88. The van der Waals surface area contributed by atoms with Gasteiger partial charge in [-0.15, -0.1) is 0 Å². The lowest BCUT2D eigenvalue weighted by molar-refractivity contribution is -0.177. The number of ether oxygens (including phenoxy) is 2. The van der Waals surface area contributed by atoms with Crippen molar-refractivity contribution in [1.29, 1.82) is 0 Å². The van der Waals surface area contributed by atoms with Gasteiger partial charge in [0.2, 0.25) is 0 Å². The van der Waals surface area contributed by atoms with Gasteiger partial charge < -0.3 is 14.6 Å². The van der Waals surface area contributed by atoms with Gasteiger partial charge in [0.25, 0.3) is 0 Å². The lowest BCUT2D eigenvalue weighted by Gasteiger charge is -2.29. The lowest BCUT2D eigenvalue weighted by atomic mass is 9.94. The fourth-order valence-electron chi connectivity index (χ4n) is 1.30. The zero-order valence-electron chi connectivity index (χ0n) is 9.45. The molecule has 0 bridgehead atoms. The van der Waals surface area contributed by atoms with Crippen molar-refractivity contribution in [3.63, 3.8) is 0 Å². The first-order valence-corrected chi connectivity index (χ1v) is 5.45. The second kappa shape index (κ2) is 5.10. The summed E-state index contributed by atoms with van der Waals surface area (Å²) < 4.78 is 11.0. The molecule has 3 heteroatoms. The van der Waals surface area contributed by atoms with E-state index in [9.17, 15) is 5.11 Å². The quantitative estimate of drug-likeness (QED) is 0.757. The molecule has 1 fully saturated rings. The Morgan fingerprint density at radius 2 is 2.21 bits per heavy atom. The Balaban J connectivity index is 2.19. The number of hydrogen-bond acceptors (Lipinski definition) is 3. The molecule has 0 aliphatic carbocycles. The molecular weight excluding hydrogens is 180 g/mol. The highest BCUT2D eigenvalue weighted by Crippen LogP contribution is 2.19. The van der Waals surface area contributed by atoms with Crippen molar-refractivity contribution in [2.75, 3.05) is 13.2 Å². The van der Waals surface area contributed by atoms with Crippen LogP contribution in [0.5, 0.6) is 0 Å². The molecule has 1 rings (SSSR count). The van der Waals surface area contributed by atoms with E-state index >= 15 is 0 Å². The molecule has 84 valence electrons. The number of aliphatic hydroxyl groups is 1. The van der Waals surface area contributed by atoms with Gasteiger partial charge in [-0.25, -0.2) is 0 Å². The van der Waals surface area contributed by atoms with Crippen LogP contribution in [0.2, 0.25) is 0 Å². The molecule has 3 nitrogen and oxygen atoms in total. The van der Waals surface area contributed by atoms with Crippen LogP contribution in [-0.2, 0) is 9.47 Å². The first-order chi connectivity index (χ1) is 6.50. The maximum atomic E-state index is 9.69. The summed E-state index contributed by atoms with van der Waals surface area (Å²) in [5, 5.41) is 9.69. The summed E-state index contributed by atoms with van der Waals surface area (Å²) in [6.07, 6.45) is 3.26. The molecular formula is C11H22O3. The second-order valence-corrected chi connectivity index (χ2v) is 4.68. The average Bonchev–Trinajstić information content (AvgIpc) is 2.14. The monoisotopic (exact) mass is 202 g/mol. The van der Waals surface area contributed by atoms with E-state index in [4.69, 9.17) is 9.47 Å². The largest absolute Gasteiger partial charge is 0.390 e. The molecule has 1 unspecified atom stereocenters. The summed E-state index contributed by atoms with van der Waals surface area (Å²) in [7, 11) is 0. The molecule has 1 aliphatic heterocycles. The summed E-state index contributed by atoms with van der Waals surface area (Å²) in [4.78, 5) is 0. The van der Waals surface area contributed by atoms with Crippen LogP contribution in [0.4, 0.5) is 0 Å². The van der Waals surface area contributed by atoms with E-state index in [-0.39, 0.29) is 12.2 Å². The van der Waals surface area contributed by atoms with Crippen LogP contribution in [0.15, 0.2) is 0 Å². The summed E-state index contributed by atoms with van der Waals surface area (Å²) in [6.45, 7) is 6.98. The standard InChI is InChI=1S/C11H22O3/c1-9(11(2,3)12)8-14-10-6-4-5-7-13-10/h9-10,12H,4-8H2,1-3H3/t9-,10?/m1/s1. The van der Waals surface area contributed by atoms with E-state index in [1.807, 2.05) is 20.8 Å². The molecule has 0 aromatic rings. The van der Waals surface area contributed by atoms with E-state index < -0.39 is 5.60 Å². The van der Waals surface area contributed by atoms with Gasteiger partial charge in [0.1, 0.15) is 0 Å². The van der Waals surface area contributed by atoms with Crippen LogP contribution in [0.25, 0.3) is 0 Å². The maximum Gasteiger partial charge on any atom is 0.157 e. The van der Waals surface area contributed by atoms with E-state index in [2.05, 4.69) is 0 Å².